The summed E-state index contributed by atoms with van der Waals surface area (Å²) in [4.78, 5) is 23.5. The van der Waals surface area contributed by atoms with Crippen LogP contribution in [0.15, 0.2) is 36.8 Å². The molecular formula is C25H32N4O2. The fourth-order valence-corrected chi connectivity index (χ4v) is 6.53. The number of amides is 1. The van der Waals surface area contributed by atoms with Crippen LogP contribution in [-0.2, 0) is 11.3 Å². The van der Waals surface area contributed by atoms with Gasteiger partial charge in [0.1, 0.15) is 5.75 Å². The van der Waals surface area contributed by atoms with Crippen molar-refractivity contribution >= 4 is 5.91 Å². The lowest BCUT2D eigenvalue weighted by Crippen LogP contribution is -2.60. The number of nitrogens with zero attached hydrogens (tertiary/aromatic N) is 3. The Balaban J connectivity index is 1.26. The number of carbonyl (C=O) groups excluding carboxylic acids is 1. The van der Waals surface area contributed by atoms with E-state index in [1.807, 2.05) is 26.2 Å². The van der Waals surface area contributed by atoms with Crippen molar-refractivity contribution in [1.82, 2.24) is 20.2 Å². The van der Waals surface area contributed by atoms with Gasteiger partial charge in [-0.05, 0) is 88.6 Å². The SMILES string of the molecule is CN(C)Cc1cc(-c2cnccn2)ccc1OCC(=O)NC12CC3CC(CC(C3)C1)C2. The molecule has 1 heterocycles. The van der Waals surface area contributed by atoms with E-state index in [4.69, 9.17) is 4.74 Å². The molecule has 31 heavy (non-hydrogen) atoms. The molecule has 164 valence electrons. The number of benzene rings is 1. The van der Waals surface area contributed by atoms with Crippen LogP contribution in [0.25, 0.3) is 11.3 Å². The molecule has 1 amide bonds. The third-order valence-corrected chi connectivity index (χ3v) is 7.21. The minimum absolute atomic E-state index is 0.00996. The van der Waals surface area contributed by atoms with Crippen LogP contribution in [0.4, 0.5) is 0 Å². The Bertz CT molecular complexity index is 909. The van der Waals surface area contributed by atoms with Crippen LogP contribution in [0.1, 0.15) is 44.1 Å². The highest BCUT2D eigenvalue weighted by Crippen LogP contribution is 2.55. The Morgan fingerprint density at radius 1 is 1.13 bits per heavy atom. The normalized spacial score (nSPS) is 28.7. The molecule has 6 rings (SSSR count). The maximum atomic E-state index is 12.9. The average Bonchev–Trinajstić information content (AvgIpc) is 2.71. The van der Waals surface area contributed by atoms with Gasteiger partial charge in [0.2, 0.25) is 0 Å². The summed E-state index contributed by atoms with van der Waals surface area (Å²) >= 11 is 0. The third-order valence-electron chi connectivity index (χ3n) is 7.21. The van der Waals surface area contributed by atoms with E-state index in [1.54, 1.807) is 18.6 Å². The van der Waals surface area contributed by atoms with Crippen molar-refractivity contribution in [3.8, 4) is 17.0 Å². The van der Waals surface area contributed by atoms with Crippen LogP contribution in [0, 0.1) is 17.8 Å². The first-order valence-electron chi connectivity index (χ1n) is 11.5. The van der Waals surface area contributed by atoms with Gasteiger partial charge in [-0.3, -0.25) is 14.8 Å². The van der Waals surface area contributed by atoms with Gasteiger partial charge in [-0.1, -0.05) is 0 Å². The van der Waals surface area contributed by atoms with Crippen molar-refractivity contribution < 1.29 is 9.53 Å². The van der Waals surface area contributed by atoms with E-state index in [0.717, 1.165) is 66.1 Å². The average molecular weight is 421 g/mol. The quantitative estimate of drug-likeness (QED) is 0.740. The van der Waals surface area contributed by atoms with Crippen molar-refractivity contribution in [3.05, 3.63) is 42.4 Å². The Labute approximate surface area is 184 Å². The molecule has 4 aliphatic carbocycles. The van der Waals surface area contributed by atoms with Crippen LogP contribution in [0.2, 0.25) is 0 Å². The van der Waals surface area contributed by atoms with Crippen LogP contribution in [0.5, 0.6) is 5.75 Å². The zero-order chi connectivity index (χ0) is 21.4. The van der Waals surface area contributed by atoms with Gasteiger partial charge in [0, 0.05) is 35.6 Å². The summed E-state index contributed by atoms with van der Waals surface area (Å²) < 4.78 is 6.03. The number of rotatable bonds is 7. The van der Waals surface area contributed by atoms with Crippen molar-refractivity contribution in [2.75, 3.05) is 20.7 Å². The van der Waals surface area contributed by atoms with Gasteiger partial charge in [-0.2, -0.15) is 0 Å². The van der Waals surface area contributed by atoms with Crippen molar-refractivity contribution in [2.24, 2.45) is 17.8 Å². The van der Waals surface area contributed by atoms with Crippen molar-refractivity contribution in [3.63, 3.8) is 0 Å². The molecular weight excluding hydrogens is 388 g/mol. The van der Waals surface area contributed by atoms with Crippen LogP contribution in [0.3, 0.4) is 0 Å². The largest absolute Gasteiger partial charge is 0.483 e. The highest BCUT2D eigenvalue weighted by molar-refractivity contribution is 5.78. The smallest absolute Gasteiger partial charge is 0.258 e. The molecule has 0 unspecified atom stereocenters. The Hall–Kier alpha value is -2.47. The third kappa shape index (κ3) is 4.45. The van der Waals surface area contributed by atoms with Gasteiger partial charge in [-0.25, -0.2) is 0 Å². The molecule has 4 bridgehead atoms. The van der Waals surface area contributed by atoms with Gasteiger partial charge in [0.25, 0.3) is 5.91 Å². The lowest BCUT2D eigenvalue weighted by atomic mass is 9.53. The minimum Gasteiger partial charge on any atom is -0.483 e. The highest BCUT2D eigenvalue weighted by Gasteiger charge is 2.51. The molecule has 4 saturated carbocycles. The minimum atomic E-state index is 0.00996. The van der Waals surface area contributed by atoms with Crippen molar-refractivity contribution in [2.45, 2.75) is 50.6 Å². The van der Waals surface area contributed by atoms with Gasteiger partial charge >= 0.3 is 0 Å². The zero-order valence-electron chi connectivity index (χ0n) is 18.5. The molecule has 4 aliphatic rings. The van der Waals surface area contributed by atoms with E-state index >= 15 is 0 Å². The van der Waals surface area contributed by atoms with Gasteiger partial charge in [-0.15, -0.1) is 0 Å². The second-order valence-electron chi connectivity index (χ2n) is 10.2. The number of hydrogen-bond acceptors (Lipinski definition) is 5. The maximum absolute atomic E-state index is 12.9. The molecule has 0 saturated heterocycles. The van der Waals surface area contributed by atoms with Crippen LogP contribution >= 0.6 is 0 Å². The highest BCUT2D eigenvalue weighted by atomic mass is 16.5. The summed E-state index contributed by atoms with van der Waals surface area (Å²) in [5, 5.41) is 3.40. The number of carbonyl (C=O) groups is 1. The molecule has 0 spiro atoms. The zero-order valence-corrected chi connectivity index (χ0v) is 18.5. The molecule has 1 aromatic heterocycles. The molecule has 6 nitrogen and oxygen atoms in total. The van der Waals surface area contributed by atoms with Gasteiger partial charge in [0.05, 0.1) is 11.9 Å². The second-order valence-corrected chi connectivity index (χ2v) is 10.2. The summed E-state index contributed by atoms with van der Waals surface area (Å²) in [5.41, 5.74) is 2.89. The van der Waals surface area contributed by atoms with Gasteiger partial charge < -0.3 is 15.0 Å². The Kier molecular flexibility index (Phi) is 5.42. The summed E-state index contributed by atoms with van der Waals surface area (Å²) in [6.07, 6.45) is 12.7. The van der Waals surface area contributed by atoms with Crippen molar-refractivity contribution in [1.29, 1.82) is 0 Å². The lowest BCUT2D eigenvalue weighted by Gasteiger charge is -2.56. The predicted octanol–water partition coefficient (Wildman–Crippen LogP) is 3.67. The number of hydrogen-bond donors (Lipinski definition) is 1. The van der Waals surface area contributed by atoms with E-state index in [0.29, 0.717) is 0 Å². The van der Waals surface area contributed by atoms with E-state index < -0.39 is 0 Å². The first kappa shape index (κ1) is 20.4. The second kappa shape index (κ2) is 8.23. The maximum Gasteiger partial charge on any atom is 0.258 e. The first-order valence-corrected chi connectivity index (χ1v) is 11.5. The summed E-state index contributed by atoms with van der Waals surface area (Å²) in [7, 11) is 4.05. The molecule has 1 aromatic carbocycles. The molecule has 0 aliphatic heterocycles. The standard InChI is InChI=1S/C25H32N4O2/c1-29(2)15-21-10-20(22-14-26-5-6-27-22)3-4-23(21)31-16-24(30)28-25-11-17-7-18(12-25)9-19(8-17)13-25/h3-6,10,14,17-19H,7-9,11-13,15-16H2,1-2H3,(H,28,30). The van der Waals surface area contributed by atoms with E-state index in [9.17, 15) is 4.79 Å². The molecule has 0 atom stereocenters. The summed E-state index contributed by atoms with van der Waals surface area (Å²) in [6.45, 7) is 0.784. The summed E-state index contributed by atoms with van der Waals surface area (Å²) in [6, 6.07) is 6.01. The molecule has 0 radical (unpaired) electrons. The lowest BCUT2D eigenvalue weighted by molar-refractivity contribution is -0.128. The van der Waals surface area contributed by atoms with Crippen LogP contribution < -0.4 is 10.1 Å². The van der Waals surface area contributed by atoms with Crippen LogP contribution in [-0.4, -0.2) is 47.0 Å². The monoisotopic (exact) mass is 420 g/mol. The number of aromatic nitrogens is 2. The number of ether oxygens (including phenoxy) is 1. The van der Waals surface area contributed by atoms with E-state index in [-0.39, 0.29) is 18.1 Å². The first-order chi connectivity index (χ1) is 15.0. The summed E-state index contributed by atoms with van der Waals surface area (Å²) in [5.74, 6) is 3.20. The molecule has 1 N–H and O–H groups in total. The van der Waals surface area contributed by atoms with E-state index in [1.165, 1.54) is 19.3 Å². The Morgan fingerprint density at radius 3 is 2.45 bits per heavy atom. The molecule has 6 heteroatoms. The fourth-order valence-electron chi connectivity index (χ4n) is 6.53. The predicted molar refractivity (Wildman–Crippen MR) is 119 cm³/mol. The molecule has 4 fully saturated rings. The fraction of sp³-hybridized carbons (Fsp3) is 0.560. The molecule has 2 aromatic rings. The topological polar surface area (TPSA) is 67.3 Å². The van der Waals surface area contributed by atoms with Gasteiger partial charge in [0.15, 0.2) is 6.61 Å². The Morgan fingerprint density at radius 2 is 1.84 bits per heavy atom. The van der Waals surface area contributed by atoms with E-state index in [2.05, 4.69) is 26.3 Å². The number of nitrogens with one attached hydrogen (secondary N) is 1.